The predicted octanol–water partition coefficient (Wildman–Crippen LogP) is 5.55. The molecule has 0 unspecified atom stereocenters. The molecule has 0 aliphatic carbocycles. The molecule has 0 atom stereocenters. The molecule has 0 aliphatic rings. The van der Waals surface area contributed by atoms with Gasteiger partial charge < -0.3 is 0 Å². The molecule has 0 bridgehead atoms. The topological polar surface area (TPSA) is 0 Å². The lowest BCUT2D eigenvalue weighted by Crippen LogP contribution is -1.88. The van der Waals surface area contributed by atoms with E-state index < -0.39 is 0 Å². The van der Waals surface area contributed by atoms with E-state index in [1.54, 1.807) is 0 Å². The van der Waals surface area contributed by atoms with Crippen molar-refractivity contribution in [3.63, 3.8) is 0 Å². The average molecular weight is 265 g/mol. The van der Waals surface area contributed by atoms with E-state index in [4.69, 9.17) is 11.6 Å². The van der Waals surface area contributed by atoms with Crippen molar-refractivity contribution < 1.29 is 0 Å². The van der Waals surface area contributed by atoms with Gasteiger partial charge in [0, 0.05) is 5.02 Å². The minimum absolute atomic E-state index is 0.735. The van der Waals surface area contributed by atoms with Crippen LogP contribution in [0.2, 0.25) is 5.02 Å². The maximum absolute atomic E-state index is 6.05. The fourth-order valence-corrected chi connectivity index (χ4v) is 2.51. The molecule has 92 valence electrons. The Morgan fingerprint density at radius 1 is 0.842 bits per heavy atom. The molecular formula is C18H13Cl. The predicted molar refractivity (Wildman–Crippen MR) is 83.5 cm³/mol. The largest absolute Gasteiger partial charge is 0.0905 e. The van der Waals surface area contributed by atoms with E-state index in [1.807, 2.05) is 30.3 Å². The molecule has 3 aromatic carbocycles. The van der Waals surface area contributed by atoms with Crippen molar-refractivity contribution in [2.24, 2.45) is 0 Å². The Balaban J connectivity index is 2.17. The van der Waals surface area contributed by atoms with Crippen LogP contribution >= 0.6 is 11.6 Å². The van der Waals surface area contributed by atoms with Gasteiger partial charge in [-0.15, -0.1) is 0 Å². The van der Waals surface area contributed by atoms with Crippen molar-refractivity contribution in [3.8, 4) is 0 Å². The maximum atomic E-state index is 6.05. The fourth-order valence-electron chi connectivity index (χ4n) is 2.32. The Labute approximate surface area is 118 Å². The average Bonchev–Trinajstić information content (AvgIpc) is 2.46. The normalized spacial score (nSPS) is 10.6. The highest BCUT2D eigenvalue weighted by Gasteiger charge is 2.06. The van der Waals surface area contributed by atoms with Crippen molar-refractivity contribution >= 4 is 27.9 Å². The van der Waals surface area contributed by atoms with Crippen LogP contribution in [0.1, 0.15) is 11.1 Å². The molecular weight excluding hydrogens is 252 g/mol. The van der Waals surface area contributed by atoms with Gasteiger partial charge in [0.15, 0.2) is 0 Å². The molecule has 0 amide bonds. The first kappa shape index (κ1) is 12.0. The third kappa shape index (κ3) is 2.27. The summed E-state index contributed by atoms with van der Waals surface area (Å²) in [6, 6.07) is 22.4. The van der Waals surface area contributed by atoms with Crippen molar-refractivity contribution in [2.45, 2.75) is 0 Å². The molecule has 0 N–H and O–H groups in total. The molecule has 0 heterocycles. The standard InChI is InChI=1S/C18H13Cl/c1-13(15-8-4-9-16(19)12-15)17-11-5-7-14-6-2-3-10-18(14)17/h2-12H,1H2. The summed E-state index contributed by atoms with van der Waals surface area (Å²) in [5.74, 6) is 0. The zero-order valence-corrected chi connectivity index (χ0v) is 11.2. The Morgan fingerprint density at radius 2 is 1.58 bits per heavy atom. The smallest absolute Gasteiger partial charge is 0.0412 e. The van der Waals surface area contributed by atoms with Crippen molar-refractivity contribution in [1.82, 2.24) is 0 Å². The second-order valence-corrected chi connectivity index (χ2v) is 4.95. The molecule has 0 nitrogen and oxygen atoms in total. The lowest BCUT2D eigenvalue weighted by Gasteiger charge is -2.10. The monoisotopic (exact) mass is 264 g/mol. The van der Waals surface area contributed by atoms with E-state index in [0.717, 1.165) is 21.7 Å². The van der Waals surface area contributed by atoms with E-state index in [0.29, 0.717) is 0 Å². The van der Waals surface area contributed by atoms with Crippen LogP contribution in [-0.4, -0.2) is 0 Å². The summed E-state index contributed by atoms with van der Waals surface area (Å²) >= 11 is 6.05. The summed E-state index contributed by atoms with van der Waals surface area (Å²) in [6.07, 6.45) is 0. The number of halogens is 1. The molecule has 0 aromatic heterocycles. The Hall–Kier alpha value is -2.05. The third-order valence-electron chi connectivity index (χ3n) is 3.29. The molecule has 3 aromatic rings. The third-order valence-corrected chi connectivity index (χ3v) is 3.52. The van der Waals surface area contributed by atoms with Crippen molar-refractivity contribution in [2.75, 3.05) is 0 Å². The molecule has 1 heteroatoms. The van der Waals surface area contributed by atoms with Gasteiger partial charge in [-0.2, -0.15) is 0 Å². The van der Waals surface area contributed by atoms with Crippen LogP contribution in [0.3, 0.4) is 0 Å². The van der Waals surface area contributed by atoms with Gasteiger partial charge in [-0.05, 0) is 39.6 Å². The van der Waals surface area contributed by atoms with Crippen molar-refractivity contribution in [3.05, 3.63) is 89.5 Å². The van der Waals surface area contributed by atoms with E-state index in [9.17, 15) is 0 Å². The van der Waals surface area contributed by atoms with Crippen LogP contribution in [-0.2, 0) is 0 Å². The van der Waals surface area contributed by atoms with E-state index >= 15 is 0 Å². The van der Waals surface area contributed by atoms with Gasteiger partial charge in [0.1, 0.15) is 0 Å². The van der Waals surface area contributed by atoms with Crippen LogP contribution in [0.15, 0.2) is 73.3 Å². The summed E-state index contributed by atoms with van der Waals surface area (Å²) in [5, 5.41) is 3.18. The maximum Gasteiger partial charge on any atom is 0.0412 e. The first-order chi connectivity index (χ1) is 9.25. The van der Waals surface area contributed by atoms with Gasteiger partial charge in [0.25, 0.3) is 0 Å². The Morgan fingerprint density at radius 3 is 2.42 bits per heavy atom. The molecule has 19 heavy (non-hydrogen) atoms. The van der Waals surface area contributed by atoms with Gasteiger partial charge in [-0.25, -0.2) is 0 Å². The summed E-state index contributed by atoms with van der Waals surface area (Å²) in [7, 11) is 0. The number of hydrogen-bond donors (Lipinski definition) is 0. The van der Waals surface area contributed by atoms with Gasteiger partial charge in [0.05, 0.1) is 0 Å². The Kier molecular flexibility index (Phi) is 3.10. The van der Waals surface area contributed by atoms with Gasteiger partial charge >= 0.3 is 0 Å². The minimum Gasteiger partial charge on any atom is -0.0905 e. The van der Waals surface area contributed by atoms with Crippen LogP contribution in [0.4, 0.5) is 0 Å². The first-order valence-electron chi connectivity index (χ1n) is 6.19. The van der Waals surface area contributed by atoms with E-state index in [1.165, 1.54) is 10.8 Å². The number of fused-ring (bicyclic) bond motifs is 1. The van der Waals surface area contributed by atoms with Crippen LogP contribution < -0.4 is 0 Å². The summed E-state index contributed by atoms with van der Waals surface area (Å²) in [4.78, 5) is 0. The summed E-state index contributed by atoms with van der Waals surface area (Å²) in [5.41, 5.74) is 3.21. The molecule has 0 aliphatic heterocycles. The Bertz CT molecular complexity index is 751. The zero-order valence-electron chi connectivity index (χ0n) is 10.4. The van der Waals surface area contributed by atoms with Crippen LogP contribution in [0, 0.1) is 0 Å². The fraction of sp³-hybridized carbons (Fsp3) is 0. The molecule has 0 saturated carbocycles. The lowest BCUT2D eigenvalue weighted by molar-refractivity contribution is 1.58. The molecule has 0 saturated heterocycles. The van der Waals surface area contributed by atoms with Crippen LogP contribution in [0.5, 0.6) is 0 Å². The van der Waals surface area contributed by atoms with Gasteiger partial charge in [-0.3, -0.25) is 0 Å². The zero-order chi connectivity index (χ0) is 13.2. The second kappa shape index (κ2) is 4.91. The van der Waals surface area contributed by atoms with Crippen LogP contribution in [0.25, 0.3) is 16.3 Å². The van der Waals surface area contributed by atoms with Crippen molar-refractivity contribution in [1.29, 1.82) is 0 Å². The highest BCUT2D eigenvalue weighted by Crippen LogP contribution is 2.29. The van der Waals surface area contributed by atoms with E-state index in [2.05, 4.69) is 43.0 Å². The molecule has 3 rings (SSSR count). The number of hydrogen-bond acceptors (Lipinski definition) is 0. The summed E-state index contributed by atoms with van der Waals surface area (Å²) < 4.78 is 0. The van der Waals surface area contributed by atoms with E-state index in [-0.39, 0.29) is 0 Å². The summed E-state index contributed by atoms with van der Waals surface area (Å²) in [6.45, 7) is 4.23. The van der Waals surface area contributed by atoms with Gasteiger partial charge in [-0.1, -0.05) is 72.8 Å². The van der Waals surface area contributed by atoms with Gasteiger partial charge in [0.2, 0.25) is 0 Å². The quantitative estimate of drug-likeness (QED) is 0.569. The molecule has 0 fully saturated rings. The lowest BCUT2D eigenvalue weighted by atomic mass is 9.94. The molecule has 0 radical (unpaired) electrons. The minimum atomic E-state index is 0.735. The molecule has 0 spiro atoms. The first-order valence-corrected chi connectivity index (χ1v) is 6.56. The SMILES string of the molecule is C=C(c1cccc(Cl)c1)c1cccc2ccccc12. The number of rotatable bonds is 2. The number of benzene rings is 3. The highest BCUT2D eigenvalue weighted by molar-refractivity contribution is 6.30. The highest BCUT2D eigenvalue weighted by atomic mass is 35.5. The second-order valence-electron chi connectivity index (χ2n) is 4.52.